The van der Waals surface area contributed by atoms with Crippen molar-refractivity contribution in [1.29, 1.82) is 0 Å². The standard InChI is InChI=1S/C15H22F3NO/c1-10(19-6-4-5-15(2,3)9-20)11-7-12(16)14(18)13(17)8-11/h7-8,10,19-20H,4-6,9H2,1-3H3. The van der Waals surface area contributed by atoms with Crippen LogP contribution in [0.2, 0.25) is 0 Å². The molecule has 114 valence electrons. The summed E-state index contributed by atoms with van der Waals surface area (Å²) in [4.78, 5) is 0. The summed E-state index contributed by atoms with van der Waals surface area (Å²) in [7, 11) is 0. The van der Waals surface area contributed by atoms with Crippen molar-refractivity contribution < 1.29 is 18.3 Å². The smallest absolute Gasteiger partial charge is 0.194 e. The quantitative estimate of drug-likeness (QED) is 0.594. The number of nitrogens with one attached hydrogen (secondary N) is 1. The van der Waals surface area contributed by atoms with E-state index < -0.39 is 17.5 Å². The molecule has 20 heavy (non-hydrogen) atoms. The molecule has 0 saturated carbocycles. The SMILES string of the molecule is CC(NCCCC(C)(C)CO)c1cc(F)c(F)c(F)c1. The Kier molecular flexibility index (Phi) is 6.02. The van der Waals surface area contributed by atoms with Crippen molar-refractivity contribution >= 4 is 0 Å². The molecule has 0 aliphatic rings. The maximum Gasteiger partial charge on any atom is 0.194 e. The molecule has 5 heteroatoms. The highest BCUT2D eigenvalue weighted by Crippen LogP contribution is 2.22. The summed E-state index contributed by atoms with van der Waals surface area (Å²) < 4.78 is 39.1. The van der Waals surface area contributed by atoms with Crippen LogP contribution in [-0.4, -0.2) is 18.3 Å². The first-order chi connectivity index (χ1) is 9.26. The van der Waals surface area contributed by atoms with Crippen molar-refractivity contribution in [1.82, 2.24) is 5.32 Å². The minimum Gasteiger partial charge on any atom is -0.396 e. The van der Waals surface area contributed by atoms with E-state index in [0.29, 0.717) is 12.1 Å². The van der Waals surface area contributed by atoms with Gasteiger partial charge in [0, 0.05) is 12.6 Å². The average molecular weight is 289 g/mol. The zero-order valence-corrected chi connectivity index (χ0v) is 12.1. The van der Waals surface area contributed by atoms with E-state index in [4.69, 9.17) is 5.11 Å². The second kappa shape index (κ2) is 7.09. The summed E-state index contributed by atoms with van der Waals surface area (Å²) in [5.74, 6) is -3.78. The van der Waals surface area contributed by atoms with Crippen LogP contribution in [0.1, 0.15) is 45.2 Å². The molecule has 0 aliphatic heterocycles. The predicted octanol–water partition coefficient (Wildman–Crippen LogP) is 3.55. The van der Waals surface area contributed by atoms with E-state index in [2.05, 4.69) is 5.32 Å². The molecule has 0 saturated heterocycles. The molecule has 0 radical (unpaired) electrons. The minimum absolute atomic E-state index is 0.122. The first-order valence-corrected chi connectivity index (χ1v) is 6.75. The summed E-state index contributed by atoms with van der Waals surface area (Å²) >= 11 is 0. The van der Waals surface area contributed by atoms with E-state index in [9.17, 15) is 13.2 Å². The van der Waals surface area contributed by atoms with Crippen LogP contribution in [0, 0.1) is 22.9 Å². The highest BCUT2D eigenvalue weighted by atomic mass is 19.2. The van der Waals surface area contributed by atoms with Crippen molar-refractivity contribution in [2.75, 3.05) is 13.2 Å². The van der Waals surface area contributed by atoms with Crippen LogP contribution in [0.3, 0.4) is 0 Å². The first-order valence-electron chi connectivity index (χ1n) is 6.75. The summed E-state index contributed by atoms with van der Waals surface area (Å²) in [5, 5.41) is 12.3. The number of hydrogen-bond donors (Lipinski definition) is 2. The average Bonchev–Trinajstić information content (AvgIpc) is 2.40. The van der Waals surface area contributed by atoms with Gasteiger partial charge in [-0.05, 0) is 49.4 Å². The molecule has 1 unspecified atom stereocenters. The van der Waals surface area contributed by atoms with Crippen LogP contribution in [-0.2, 0) is 0 Å². The summed E-state index contributed by atoms with van der Waals surface area (Å²) in [6.07, 6.45) is 1.68. The van der Waals surface area contributed by atoms with E-state index in [1.165, 1.54) is 0 Å². The fourth-order valence-corrected chi connectivity index (χ4v) is 1.91. The van der Waals surface area contributed by atoms with Gasteiger partial charge in [0.05, 0.1) is 0 Å². The largest absolute Gasteiger partial charge is 0.396 e. The summed E-state index contributed by atoms with van der Waals surface area (Å²) in [6, 6.07) is 1.75. The molecule has 0 aliphatic carbocycles. The van der Waals surface area contributed by atoms with Gasteiger partial charge in [0.2, 0.25) is 0 Å². The van der Waals surface area contributed by atoms with E-state index in [0.717, 1.165) is 25.0 Å². The molecule has 0 spiro atoms. The lowest BCUT2D eigenvalue weighted by molar-refractivity contribution is 0.147. The van der Waals surface area contributed by atoms with Crippen LogP contribution >= 0.6 is 0 Å². The Bertz CT molecular complexity index is 426. The van der Waals surface area contributed by atoms with Crippen molar-refractivity contribution in [2.45, 2.75) is 39.7 Å². The van der Waals surface area contributed by atoms with E-state index in [1.54, 1.807) is 6.92 Å². The number of rotatable bonds is 7. The van der Waals surface area contributed by atoms with Gasteiger partial charge < -0.3 is 10.4 Å². The molecular weight excluding hydrogens is 267 g/mol. The fourth-order valence-electron chi connectivity index (χ4n) is 1.91. The predicted molar refractivity (Wildman–Crippen MR) is 72.8 cm³/mol. The van der Waals surface area contributed by atoms with Crippen molar-refractivity contribution in [2.24, 2.45) is 5.41 Å². The van der Waals surface area contributed by atoms with Gasteiger partial charge in [-0.2, -0.15) is 0 Å². The van der Waals surface area contributed by atoms with Crippen molar-refractivity contribution in [3.63, 3.8) is 0 Å². The molecule has 2 nitrogen and oxygen atoms in total. The maximum atomic E-state index is 13.1. The number of aliphatic hydroxyl groups excluding tert-OH is 1. The second-order valence-electron chi connectivity index (χ2n) is 5.90. The molecule has 0 heterocycles. The Morgan fingerprint density at radius 3 is 2.25 bits per heavy atom. The van der Waals surface area contributed by atoms with Gasteiger partial charge in [0.1, 0.15) is 0 Å². The van der Waals surface area contributed by atoms with Gasteiger partial charge >= 0.3 is 0 Å². The van der Waals surface area contributed by atoms with Gasteiger partial charge in [0.15, 0.2) is 17.5 Å². The van der Waals surface area contributed by atoms with Gasteiger partial charge in [-0.1, -0.05) is 13.8 Å². The van der Waals surface area contributed by atoms with Crippen LogP contribution in [0.25, 0.3) is 0 Å². The molecule has 0 bridgehead atoms. The monoisotopic (exact) mass is 289 g/mol. The third-order valence-electron chi connectivity index (χ3n) is 3.42. The highest BCUT2D eigenvalue weighted by molar-refractivity contribution is 5.22. The lowest BCUT2D eigenvalue weighted by atomic mass is 9.89. The molecule has 0 aromatic heterocycles. The fraction of sp³-hybridized carbons (Fsp3) is 0.600. The number of halogens is 3. The number of hydrogen-bond acceptors (Lipinski definition) is 2. The van der Waals surface area contributed by atoms with E-state index in [1.807, 2.05) is 13.8 Å². The second-order valence-corrected chi connectivity index (χ2v) is 5.90. The summed E-state index contributed by atoms with van der Waals surface area (Å²) in [5.41, 5.74) is 0.252. The van der Waals surface area contributed by atoms with E-state index >= 15 is 0 Å². The lowest BCUT2D eigenvalue weighted by Crippen LogP contribution is -2.23. The van der Waals surface area contributed by atoms with Crippen LogP contribution < -0.4 is 5.32 Å². The van der Waals surface area contributed by atoms with Gasteiger partial charge in [-0.3, -0.25) is 0 Å². The van der Waals surface area contributed by atoms with Crippen molar-refractivity contribution in [3.05, 3.63) is 35.1 Å². The molecule has 1 aromatic carbocycles. The van der Waals surface area contributed by atoms with Crippen LogP contribution in [0.5, 0.6) is 0 Å². The molecule has 1 atom stereocenters. The third-order valence-corrected chi connectivity index (χ3v) is 3.42. The molecule has 1 rings (SSSR count). The zero-order chi connectivity index (χ0) is 15.3. The zero-order valence-electron chi connectivity index (χ0n) is 12.1. The molecule has 0 fully saturated rings. The molecule has 1 aromatic rings. The van der Waals surface area contributed by atoms with Gasteiger partial charge in [0.25, 0.3) is 0 Å². The van der Waals surface area contributed by atoms with E-state index in [-0.39, 0.29) is 18.1 Å². The van der Waals surface area contributed by atoms with Crippen LogP contribution in [0.4, 0.5) is 13.2 Å². The lowest BCUT2D eigenvalue weighted by Gasteiger charge is -2.22. The minimum atomic E-state index is -1.44. The summed E-state index contributed by atoms with van der Waals surface area (Å²) in [6.45, 7) is 6.49. The highest BCUT2D eigenvalue weighted by Gasteiger charge is 2.17. The Labute approximate surface area is 118 Å². The van der Waals surface area contributed by atoms with Gasteiger partial charge in [-0.15, -0.1) is 0 Å². The normalized spacial score (nSPS) is 13.6. The maximum absolute atomic E-state index is 13.1. The first kappa shape index (κ1) is 17.0. The van der Waals surface area contributed by atoms with Crippen molar-refractivity contribution in [3.8, 4) is 0 Å². The Morgan fingerprint density at radius 2 is 1.75 bits per heavy atom. The van der Waals surface area contributed by atoms with Gasteiger partial charge in [-0.25, -0.2) is 13.2 Å². The topological polar surface area (TPSA) is 32.3 Å². The van der Waals surface area contributed by atoms with Crippen LogP contribution in [0.15, 0.2) is 12.1 Å². The third kappa shape index (κ3) is 4.80. The Hall–Kier alpha value is -1.07. The Balaban J connectivity index is 2.49. The Morgan fingerprint density at radius 1 is 1.20 bits per heavy atom. The number of benzene rings is 1. The number of aliphatic hydroxyl groups is 1. The molecule has 2 N–H and O–H groups in total. The molecular formula is C15H22F3NO. The molecule has 0 amide bonds.